The van der Waals surface area contributed by atoms with E-state index in [4.69, 9.17) is 0 Å². The molecule has 1 N–H and O–H groups in total. The van der Waals surface area contributed by atoms with Crippen molar-refractivity contribution in [2.75, 3.05) is 0 Å². The second kappa shape index (κ2) is 4.85. The summed E-state index contributed by atoms with van der Waals surface area (Å²) >= 11 is 0. The predicted octanol–water partition coefficient (Wildman–Crippen LogP) is 1.24. The van der Waals surface area contributed by atoms with E-state index in [1.807, 2.05) is 13.2 Å². The Morgan fingerprint density at radius 3 is 3.00 bits per heavy atom. The molecule has 0 unspecified atom stereocenters. The van der Waals surface area contributed by atoms with Gasteiger partial charge in [-0.15, -0.1) is 0 Å². The number of hydrogen-bond acceptors (Lipinski definition) is 3. The van der Waals surface area contributed by atoms with Crippen LogP contribution in [0.2, 0.25) is 0 Å². The molecule has 0 aliphatic heterocycles. The molecule has 0 bridgehead atoms. The molecule has 0 spiro atoms. The van der Waals surface area contributed by atoms with Crippen molar-refractivity contribution in [3.05, 3.63) is 47.8 Å². The van der Waals surface area contributed by atoms with Gasteiger partial charge in [-0.05, 0) is 12.1 Å². The Hall–Kier alpha value is -1.75. The first-order valence-electron chi connectivity index (χ1n) is 5.03. The molecule has 2 heterocycles. The minimum atomic E-state index is -0.277. The Morgan fingerprint density at radius 1 is 1.44 bits per heavy atom. The van der Waals surface area contributed by atoms with E-state index in [-0.39, 0.29) is 5.82 Å². The van der Waals surface area contributed by atoms with Crippen molar-refractivity contribution in [3.8, 4) is 0 Å². The fraction of sp³-hybridized carbons (Fsp3) is 0.273. The largest absolute Gasteiger partial charge is 0.307 e. The summed E-state index contributed by atoms with van der Waals surface area (Å²) in [6, 6.07) is 2.99. The van der Waals surface area contributed by atoms with Gasteiger partial charge in [0.2, 0.25) is 0 Å². The lowest BCUT2D eigenvalue weighted by atomic mass is 10.3. The molecule has 0 saturated heterocycles. The number of aryl methyl sites for hydroxylation is 1. The average Bonchev–Trinajstić information content (AvgIpc) is 2.67. The first-order valence-corrected chi connectivity index (χ1v) is 5.03. The van der Waals surface area contributed by atoms with Crippen LogP contribution in [0.3, 0.4) is 0 Å². The molecular weight excluding hydrogens is 207 g/mol. The molecule has 16 heavy (non-hydrogen) atoms. The van der Waals surface area contributed by atoms with E-state index in [1.54, 1.807) is 23.1 Å². The SMILES string of the molecule is Cn1cc(CNCc2ncccc2F)cn1. The van der Waals surface area contributed by atoms with Crippen LogP contribution in [0.15, 0.2) is 30.7 Å². The van der Waals surface area contributed by atoms with Crippen molar-refractivity contribution in [2.24, 2.45) is 7.05 Å². The average molecular weight is 220 g/mol. The van der Waals surface area contributed by atoms with Crippen LogP contribution in [-0.4, -0.2) is 14.8 Å². The van der Waals surface area contributed by atoms with Gasteiger partial charge in [0.15, 0.2) is 0 Å². The normalized spacial score (nSPS) is 10.6. The van der Waals surface area contributed by atoms with Gasteiger partial charge in [-0.2, -0.15) is 5.10 Å². The monoisotopic (exact) mass is 220 g/mol. The Bertz CT molecular complexity index is 467. The first kappa shape index (κ1) is 10.8. The van der Waals surface area contributed by atoms with Crippen LogP contribution in [0.4, 0.5) is 4.39 Å². The summed E-state index contributed by atoms with van der Waals surface area (Å²) in [6.45, 7) is 1.07. The molecule has 4 nitrogen and oxygen atoms in total. The lowest BCUT2D eigenvalue weighted by Crippen LogP contribution is -2.14. The van der Waals surface area contributed by atoms with E-state index >= 15 is 0 Å². The van der Waals surface area contributed by atoms with Gasteiger partial charge in [-0.25, -0.2) is 4.39 Å². The molecular formula is C11H13FN4. The fourth-order valence-corrected chi connectivity index (χ4v) is 1.44. The topological polar surface area (TPSA) is 42.7 Å². The standard InChI is InChI=1S/C11H13FN4/c1-16-8-9(6-15-16)5-13-7-11-10(12)3-2-4-14-11/h2-4,6,8,13H,5,7H2,1H3. The van der Waals surface area contributed by atoms with E-state index < -0.39 is 0 Å². The minimum Gasteiger partial charge on any atom is -0.307 e. The Morgan fingerprint density at radius 2 is 2.31 bits per heavy atom. The zero-order chi connectivity index (χ0) is 11.4. The molecule has 0 amide bonds. The summed E-state index contributed by atoms with van der Waals surface area (Å²) in [5, 5.41) is 7.16. The third-order valence-electron chi connectivity index (χ3n) is 2.21. The number of pyridine rings is 1. The summed E-state index contributed by atoms with van der Waals surface area (Å²) < 4.78 is 14.9. The summed E-state index contributed by atoms with van der Waals surface area (Å²) in [5.41, 5.74) is 1.50. The third kappa shape index (κ3) is 2.64. The fourth-order valence-electron chi connectivity index (χ4n) is 1.44. The highest BCUT2D eigenvalue weighted by atomic mass is 19.1. The molecule has 0 aliphatic rings. The highest BCUT2D eigenvalue weighted by molar-refractivity contribution is 5.08. The molecule has 84 valence electrons. The van der Waals surface area contributed by atoms with E-state index in [0.717, 1.165) is 5.56 Å². The quantitative estimate of drug-likeness (QED) is 0.843. The van der Waals surface area contributed by atoms with Crippen LogP contribution in [-0.2, 0) is 20.1 Å². The molecule has 0 aliphatic carbocycles. The van der Waals surface area contributed by atoms with Gasteiger partial charge in [-0.3, -0.25) is 9.67 Å². The summed E-state index contributed by atoms with van der Waals surface area (Å²) in [5.74, 6) is -0.277. The maximum Gasteiger partial charge on any atom is 0.146 e. The van der Waals surface area contributed by atoms with Crippen molar-refractivity contribution in [1.82, 2.24) is 20.1 Å². The van der Waals surface area contributed by atoms with Crippen LogP contribution in [0.1, 0.15) is 11.3 Å². The Labute approximate surface area is 93.1 Å². The van der Waals surface area contributed by atoms with E-state index in [9.17, 15) is 4.39 Å². The molecule has 0 aromatic carbocycles. The number of halogens is 1. The first-order chi connectivity index (χ1) is 7.75. The summed E-state index contributed by atoms with van der Waals surface area (Å²) in [6.07, 6.45) is 5.29. The van der Waals surface area contributed by atoms with Crippen molar-refractivity contribution in [2.45, 2.75) is 13.1 Å². The van der Waals surface area contributed by atoms with Crippen LogP contribution in [0.25, 0.3) is 0 Å². The van der Waals surface area contributed by atoms with Gasteiger partial charge >= 0.3 is 0 Å². The van der Waals surface area contributed by atoms with Crippen LogP contribution < -0.4 is 5.32 Å². The number of rotatable bonds is 4. The smallest absolute Gasteiger partial charge is 0.146 e. The van der Waals surface area contributed by atoms with Gasteiger partial charge in [0, 0.05) is 38.1 Å². The third-order valence-corrected chi connectivity index (χ3v) is 2.21. The Kier molecular flexibility index (Phi) is 3.26. The van der Waals surface area contributed by atoms with Crippen LogP contribution in [0, 0.1) is 5.82 Å². The van der Waals surface area contributed by atoms with Gasteiger partial charge < -0.3 is 5.32 Å². The predicted molar refractivity (Wildman–Crippen MR) is 57.9 cm³/mol. The van der Waals surface area contributed by atoms with Gasteiger partial charge in [-0.1, -0.05) is 0 Å². The minimum absolute atomic E-state index is 0.277. The Balaban J connectivity index is 1.87. The second-order valence-corrected chi connectivity index (χ2v) is 3.56. The molecule has 5 heteroatoms. The van der Waals surface area contributed by atoms with Crippen molar-refractivity contribution >= 4 is 0 Å². The number of nitrogens with zero attached hydrogens (tertiary/aromatic N) is 3. The highest BCUT2D eigenvalue weighted by Crippen LogP contribution is 2.02. The molecule has 0 fully saturated rings. The van der Waals surface area contributed by atoms with E-state index in [1.165, 1.54) is 6.07 Å². The number of nitrogens with one attached hydrogen (secondary N) is 1. The van der Waals surface area contributed by atoms with Gasteiger partial charge in [0.05, 0.1) is 11.9 Å². The summed E-state index contributed by atoms with van der Waals surface area (Å²) in [4.78, 5) is 3.96. The molecule has 0 radical (unpaired) electrons. The van der Waals surface area contributed by atoms with Crippen molar-refractivity contribution < 1.29 is 4.39 Å². The lowest BCUT2D eigenvalue weighted by molar-refractivity contribution is 0.574. The maximum atomic E-state index is 13.2. The van der Waals surface area contributed by atoms with Gasteiger partial charge in [0.25, 0.3) is 0 Å². The molecule has 0 atom stereocenters. The van der Waals surface area contributed by atoms with Gasteiger partial charge in [0.1, 0.15) is 5.82 Å². The molecule has 2 rings (SSSR count). The molecule has 0 saturated carbocycles. The van der Waals surface area contributed by atoms with E-state index in [2.05, 4.69) is 15.4 Å². The lowest BCUT2D eigenvalue weighted by Gasteiger charge is -2.03. The highest BCUT2D eigenvalue weighted by Gasteiger charge is 2.02. The van der Waals surface area contributed by atoms with Crippen LogP contribution in [0.5, 0.6) is 0 Å². The van der Waals surface area contributed by atoms with Crippen LogP contribution >= 0.6 is 0 Å². The summed E-state index contributed by atoms with van der Waals surface area (Å²) in [7, 11) is 1.86. The molecule has 2 aromatic rings. The van der Waals surface area contributed by atoms with Crippen molar-refractivity contribution in [1.29, 1.82) is 0 Å². The maximum absolute atomic E-state index is 13.2. The number of aromatic nitrogens is 3. The second-order valence-electron chi connectivity index (χ2n) is 3.56. The molecule has 2 aromatic heterocycles. The van der Waals surface area contributed by atoms with E-state index in [0.29, 0.717) is 18.8 Å². The van der Waals surface area contributed by atoms with Crippen molar-refractivity contribution in [3.63, 3.8) is 0 Å². The number of hydrogen-bond donors (Lipinski definition) is 1. The zero-order valence-electron chi connectivity index (χ0n) is 9.02. The zero-order valence-corrected chi connectivity index (χ0v) is 9.02.